The Morgan fingerprint density at radius 1 is 1.29 bits per heavy atom. The molecule has 1 aromatic rings. The van der Waals surface area contributed by atoms with Gasteiger partial charge in [0.15, 0.2) is 0 Å². The van der Waals surface area contributed by atoms with Gasteiger partial charge in [0.2, 0.25) is 0 Å². The Kier molecular flexibility index (Phi) is 3.85. The Morgan fingerprint density at radius 3 is 2.59 bits per heavy atom. The van der Waals surface area contributed by atoms with Gasteiger partial charge in [-0.15, -0.1) is 0 Å². The molecular weight excluding hydrogens is 208 g/mol. The molecule has 1 unspecified atom stereocenters. The first kappa shape index (κ1) is 12.6. The lowest BCUT2D eigenvalue weighted by molar-refractivity contribution is 0.228. The van der Waals surface area contributed by atoms with Gasteiger partial charge in [0.25, 0.3) is 0 Å². The summed E-state index contributed by atoms with van der Waals surface area (Å²) in [6.07, 6.45) is 1.29. The largest absolute Gasteiger partial charge is 0.305 e. The molecular formula is C15H24N2. The number of likely N-dealkylation sites (N-methyl/N-ethyl adjacent to an activating group) is 1. The highest BCUT2D eigenvalue weighted by atomic mass is 15.2. The third-order valence-corrected chi connectivity index (χ3v) is 4.11. The van der Waals surface area contributed by atoms with Crippen LogP contribution < -0.4 is 0 Å². The van der Waals surface area contributed by atoms with Crippen LogP contribution >= 0.6 is 0 Å². The van der Waals surface area contributed by atoms with E-state index in [9.17, 15) is 0 Å². The lowest BCUT2D eigenvalue weighted by Crippen LogP contribution is -2.32. The zero-order valence-electron chi connectivity index (χ0n) is 11.5. The molecule has 1 aliphatic heterocycles. The SMILES string of the molecule is Cc1ccccc1C(C)N1CC[C@@H](N(C)C)C1. The molecule has 0 bridgehead atoms. The molecule has 17 heavy (non-hydrogen) atoms. The first-order chi connectivity index (χ1) is 8.09. The highest BCUT2D eigenvalue weighted by molar-refractivity contribution is 5.28. The minimum absolute atomic E-state index is 0.543. The minimum atomic E-state index is 0.543. The molecule has 2 atom stereocenters. The van der Waals surface area contributed by atoms with Gasteiger partial charge in [-0.05, 0) is 45.5 Å². The van der Waals surface area contributed by atoms with E-state index >= 15 is 0 Å². The predicted molar refractivity (Wildman–Crippen MR) is 73.3 cm³/mol. The molecule has 2 heteroatoms. The number of rotatable bonds is 3. The average molecular weight is 232 g/mol. The highest BCUT2D eigenvalue weighted by Gasteiger charge is 2.28. The van der Waals surface area contributed by atoms with Gasteiger partial charge in [-0.2, -0.15) is 0 Å². The molecule has 2 rings (SSSR count). The summed E-state index contributed by atoms with van der Waals surface area (Å²) in [5, 5.41) is 0. The van der Waals surface area contributed by atoms with Crippen molar-refractivity contribution in [3.8, 4) is 0 Å². The van der Waals surface area contributed by atoms with E-state index in [-0.39, 0.29) is 0 Å². The second kappa shape index (κ2) is 5.19. The summed E-state index contributed by atoms with van der Waals surface area (Å²) >= 11 is 0. The predicted octanol–water partition coefficient (Wildman–Crippen LogP) is 2.69. The van der Waals surface area contributed by atoms with E-state index in [1.165, 1.54) is 30.6 Å². The van der Waals surface area contributed by atoms with E-state index in [2.05, 4.69) is 62.0 Å². The lowest BCUT2D eigenvalue weighted by Gasteiger charge is -2.27. The van der Waals surface area contributed by atoms with Crippen molar-refractivity contribution >= 4 is 0 Å². The Balaban J connectivity index is 2.07. The van der Waals surface area contributed by atoms with Crippen molar-refractivity contribution in [2.45, 2.75) is 32.4 Å². The standard InChI is InChI=1S/C15H24N2/c1-12-7-5-6-8-15(12)13(2)17-10-9-14(11-17)16(3)4/h5-8,13-14H,9-11H2,1-4H3/t13?,14-/m1/s1. The van der Waals surface area contributed by atoms with E-state index in [0.717, 1.165) is 6.04 Å². The second-order valence-corrected chi connectivity index (χ2v) is 5.43. The number of benzene rings is 1. The van der Waals surface area contributed by atoms with Crippen molar-refractivity contribution in [3.63, 3.8) is 0 Å². The van der Waals surface area contributed by atoms with Crippen LogP contribution in [0.15, 0.2) is 24.3 Å². The van der Waals surface area contributed by atoms with Crippen LogP contribution in [0.5, 0.6) is 0 Å². The van der Waals surface area contributed by atoms with Crippen molar-refractivity contribution in [2.75, 3.05) is 27.2 Å². The quantitative estimate of drug-likeness (QED) is 0.790. The average Bonchev–Trinajstić information content (AvgIpc) is 2.78. The van der Waals surface area contributed by atoms with Crippen molar-refractivity contribution in [2.24, 2.45) is 0 Å². The minimum Gasteiger partial charge on any atom is -0.305 e. The van der Waals surface area contributed by atoms with Gasteiger partial charge >= 0.3 is 0 Å². The smallest absolute Gasteiger partial charge is 0.0323 e. The third kappa shape index (κ3) is 2.70. The van der Waals surface area contributed by atoms with Gasteiger partial charge in [0.05, 0.1) is 0 Å². The molecule has 0 spiro atoms. The Labute approximate surface area is 105 Å². The third-order valence-electron chi connectivity index (χ3n) is 4.11. The van der Waals surface area contributed by atoms with Crippen LogP contribution in [0.2, 0.25) is 0 Å². The maximum Gasteiger partial charge on any atom is 0.0323 e. The number of nitrogens with zero attached hydrogens (tertiary/aromatic N) is 2. The summed E-state index contributed by atoms with van der Waals surface area (Å²) in [5.41, 5.74) is 2.89. The van der Waals surface area contributed by atoms with Crippen molar-refractivity contribution in [1.82, 2.24) is 9.80 Å². The summed E-state index contributed by atoms with van der Waals surface area (Å²) in [4.78, 5) is 4.96. The number of hydrogen-bond acceptors (Lipinski definition) is 2. The van der Waals surface area contributed by atoms with E-state index in [4.69, 9.17) is 0 Å². The molecule has 0 saturated carbocycles. The molecule has 94 valence electrons. The molecule has 0 aromatic heterocycles. The summed E-state index contributed by atoms with van der Waals surface area (Å²) in [5.74, 6) is 0. The zero-order chi connectivity index (χ0) is 12.4. The fraction of sp³-hybridized carbons (Fsp3) is 0.600. The van der Waals surface area contributed by atoms with Gasteiger partial charge in [0.1, 0.15) is 0 Å². The monoisotopic (exact) mass is 232 g/mol. The van der Waals surface area contributed by atoms with E-state index in [1.807, 2.05) is 0 Å². The molecule has 1 saturated heterocycles. The number of hydrogen-bond donors (Lipinski definition) is 0. The van der Waals surface area contributed by atoms with Gasteiger partial charge in [-0.3, -0.25) is 4.90 Å². The van der Waals surface area contributed by atoms with Crippen LogP contribution in [0.3, 0.4) is 0 Å². The van der Waals surface area contributed by atoms with Crippen LogP contribution in [0, 0.1) is 6.92 Å². The maximum atomic E-state index is 2.60. The van der Waals surface area contributed by atoms with Crippen molar-refractivity contribution < 1.29 is 0 Å². The summed E-state index contributed by atoms with van der Waals surface area (Å²) < 4.78 is 0. The van der Waals surface area contributed by atoms with Crippen molar-refractivity contribution in [1.29, 1.82) is 0 Å². The summed E-state index contributed by atoms with van der Waals surface area (Å²) in [6, 6.07) is 10.0. The first-order valence-corrected chi connectivity index (χ1v) is 6.55. The Morgan fingerprint density at radius 2 is 2.00 bits per heavy atom. The van der Waals surface area contributed by atoms with E-state index < -0.39 is 0 Å². The zero-order valence-corrected chi connectivity index (χ0v) is 11.5. The fourth-order valence-electron chi connectivity index (χ4n) is 2.79. The molecule has 0 N–H and O–H groups in total. The normalized spacial score (nSPS) is 23.2. The summed E-state index contributed by atoms with van der Waals surface area (Å²) in [6.45, 7) is 6.96. The first-order valence-electron chi connectivity index (χ1n) is 6.55. The van der Waals surface area contributed by atoms with Crippen LogP contribution in [0.4, 0.5) is 0 Å². The van der Waals surface area contributed by atoms with Gasteiger partial charge in [-0.1, -0.05) is 24.3 Å². The topological polar surface area (TPSA) is 6.48 Å². The lowest BCUT2D eigenvalue weighted by atomic mass is 10.0. The van der Waals surface area contributed by atoms with Crippen LogP contribution in [-0.2, 0) is 0 Å². The van der Waals surface area contributed by atoms with Gasteiger partial charge in [0, 0.05) is 25.2 Å². The van der Waals surface area contributed by atoms with Crippen molar-refractivity contribution in [3.05, 3.63) is 35.4 Å². The number of likely N-dealkylation sites (tertiary alicyclic amines) is 1. The van der Waals surface area contributed by atoms with E-state index in [1.54, 1.807) is 0 Å². The van der Waals surface area contributed by atoms with Crippen LogP contribution in [-0.4, -0.2) is 43.0 Å². The molecule has 0 radical (unpaired) electrons. The molecule has 0 aliphatic carbocycles. The van der Waals surface area contributed by atoms with Gasteiger partial charge < -0.3 is 4.90 Å². The Bertz CT molecular complexity index is 373. The Hall–Kier alpha value is -0.860. The molecule has 1 fully saturated rings. The number of aryl methyl sites for hydroxylation is 1. The maximum absolute atomic E-state index is 2.60. The molecule has 1 heterocycles. The second-order valence-electron chi connectivity index (χ2n) is 5.43. The fourth-order valence-corrected chi connectivity index (χ4v) is 2.79. The van der Waals surface area contributed by atoms with E-state index in [0.29, 0.717) is 6.04 Å². The molecule has 2 nitrogen and oxygen atoms in total. The molecule has 1 aliphatic rings. The highest BCUT2D eigenvalue weighted by Crippen LogP contribution is 2.27. The molecule has 0 amide bonds. The van der Waals surface area contributed by atoms with Crippen LogP contribution in [0.25, 0.3) is 0 Å². The van der Waals surface area contributed by atoms with Gasteiger partial charge in [-0.25, -0.2) is 0 Å². The molecule has 1 aromatic carbocycles. The van der Waals surface area contributed by atoms with Crippen LogP contribution in [0.1, 0.15) is 30.5 Å². The summed E-state index contributed by atoms with van der Waals surface area (Å²) in [7, 11) is 4.37.